The fourth-order valence-corrected chi connectivity index (χ4v) is 2.42. The number of nitrogens with one attached hydrogen (secondary N) is 1. The average Bonchev–Trinajstić information content (AvgIpc) is 2.71. The van der Waals surface area contributed by atoms with E-state index in [1.54, 1.807) is 0 Å². The molecule has 0 aliphatic rings. The Morgan fingerprint density at radius 2 is 1.94 bits per heavy atom. The summed E-state index contributed by atoms with van der Waals surface area (Å²) in [5.41, 5.74) is 2.44. The Balaban J connectivity index is 2.45. The second kappa shape index (κ2) is 5.07. The van der Waals surface area contributed by atoms with Crippen molar-refractivity contribution in [2.45, 2.75) is 19.9 Å². The summed E-state index contributed by atoms with van der Waals surface area (Å²) in [5.74, 6) is 1.88. The molecule has 0 aliphatic carbocycles. The highest BCUT2D eigenvalue weighted by molar-refractivity contribution is 9.10. The van der Waals surface area contributed by atoms with Crippen LogP contribution in [0.4, 0.5) is 0 Å². The van der Waals surface area contributed by atoms with E-state index in [1.165, 1.54) is 11.1 Å². The van der Waals surface area contributed by atoms with Crippen LogP contribution in [0.2, 0.25) is 0 Å². The molecule has 0 spiro atoms. The molecule has 3 heteroatoms. The van der Waals surface area contributed by atoms with E-state index >= 15 is 0 Å². The van der Waals surface area contributed by atoms with E-state index in [-0.39, 0.29) is 6.04 Å². The van der Waals surface area contributed by atoms with Gasteiger partial charge in [0.1, 0.15) is 11.5 Å². The van der Waals surface area contributed by atoms with Gasteiger partial charge >= 0.3 is 0 Å². The summed E-state index contributed by atoms with van der Waals surface area (Å²) in [7, 11) is 1.94. The van der Waals surface area contributed by atoms with Gasteiger partial charge in [0.15, 0.2) is 0 Å². The molecule has 2 rings (SSSR count). The molecule has 1 N–H and O–H groups in total. The summed E-state index contributed by atoms with van der Waals surface area (Å²) in [6.45, 7) is 4.05. The lowest BCUT2D eigenvalue weighted by atomic mass is 10.0. The monoisotopic (exact) mass is 293 g/mol. The van der Waals surface area contributed by atoms with Gasteiger partial charge in [0.2, 0.25) is 0 Å². The number of furan rings is 1. The van der Waals surface area contributed by atoms with E-state index in [0.29, 0.717) is 0 Å². The van der Waals surface area contributed by atoms with E-state index in [0.717, 1.165) is 16.0 Å². The molecule has 0 aliphatic heterocycles. The number of benzene rings is 1. The van der Waals surface area contributed by atoms with Crippen molar-refractivity contribution in [1.29, 1.82) is 0 Å². The molecular weight excluding hydrogens is 278 g/mol. The molecule has 2 aromatic rings. The van der Waals surface area contributed by atoms with Gasteiger partial charge in [-0.15, -0.1) is 0 Å². The standard InChI is InChI=1S/C14H16BrNO/c1-9-4-6-12(15)11(8-9)14(16-3)13-7-5-10(2)17-13/h4-8,14,16H,1-3H3. The predicted molar refractivity (Wildman–Crippen MR) is 73.2 cm³/mol. The number of aryl methyl sites for hydroxylation is 2. The maximum absolute atomic E-state index is 5.70. The molecule has 17 heavy (non-hydrogen) atoms. The van der Waals surface area contributed by atoms with Gasteiger partial charge in [-0.2, -0.15) is 0 Å². The van der Waals surface area contributed by atoms with Crippen LogP contribution in [-0.2, 0) is 0 Å². The van der Waals surface area contributed by atoms with Gasteiger partial charge < -0.3 is 9.73 Å². The highest BCUT2D eigenvalue weighted by atomic mass is 79.9. The Bertz CT molecular complexity index is 519. The first kappa shape index (κ1) is 12.4. The van der Waals surface area contributed by atoms with Crippen LogP contribution in [0.1, 0.15) is 28.7 Å². The lowest BCUT2D eigenvalue weighted by Gasteiger charge is -2.16. The van der Waals surface area contributed by atoms with Crippen LogP contribution in [0, 0.1) is 13.8 Å². The lowest BCUT2D eigenvalue weighted by molar-refractivity contribution is 0.443. The van der Waals surface area contributed by atoms with Gasteiger partial charge in [-0.1, -0.05) is 33.6 Å². The molecule has 1 atom stereocenters. The Kier molecular flexibility index (Phi) is 3.69. The van der Waals surface area contributed by atoms with E-state index in [9.17, 15) is 0 Å². The Labute approximate surface area is 110 Å². The summed E-state index contributed by atoms with van der Waals surface area (Å²) in [5, 5.41) is 3.29. The topological polar surface area (TPSA) is 25.2 Å². The van der Waals surface area contributed by atoms with Crippen molar-refractivity contribution < 1.29 is 4.42 Å². The van der Waals surface area contributed by atoms with Gasteiger partial charge in [0.25, 0.3) is 0 Å². The highest BCUT2D eigenvalue weighted by Crippen LogP contribution is 2.30. The quantitative estimate of drug-likeness (QED) is 0.926. The van der Waals surface area contributed by atoms with Crippen LogP contribution in [-0.4, -0.2) is 7.05 Å². The summed E-state index contributed by atoms with van der Waals surface area (Å²) in [6.07, 6.45) is 0. The van der Waals surface area contributed by atoms with Crippen molar-refractivity contribution in [3.63, 3.8) is 0 Å². The van der Waals surface area contributed by atoms with Gasteiger partial charge in [0, 0.05) is 4.47 Å². The first-order valence-corrected chi connectivity index (χ1v) is 6.40. The van der Waals surface area contributed by atoms with Crippen molar-refractivity contribution in [2.75, 3.05) is 7.05 Å². The van der Waals surface area contributed by atoms with Crippen LogP contribution in [0.5, 0.6) is 0 Å². The minimum absolute atomic E-state index is 0.0815. The zero-order chi connectivity index (χ0) is 12.4. The van der Waals surface area contributed by atoms with Gasteiger partial charge in [-0.25, -0.2) is 0 Å². The van der Waals surface area contributed by atoms with E-state index in [2.05, 4.69) is 46.4 Å². The zero-order valence-corrected chi connectivity index (χ0v) is 11.8. The van der Waals surface area contributed by atoms with Crippen LogP contribution in [0.25, 0.3) is 0 Å². The molecule has 1 aromatic carbocycles. The molecule has 0 fully saturated rings. The van der Waals surface area contributed by atoms with Crippen molar-refractivity contribution in [3.05, 3.63) is 57.5 Å². The maximum Gasteiger partial charge on any atom is 0.125 e. The molecular formula is C14H16BrNO. The van der Waals surface area contributed by atoms with Crippen LogP contribution in [0.3, 0.4) is 0 Å². The number of hydrogen-bond acceptors (Lipinski definition) is 2. The second-order valence-corrected chi connectivity index (χ2v) is 5.05. The molecule has 0 saturated heterocycles. The molecule has 0 bridgehead atoms. The molecule has 2 nitrogen and oxygen atoms in total. The van der Waals surface area contributed by atoms with Crippen LogP contribution >= 0.6 is 15.9 Å². The van der Waals surface area contributed by atoms with Gasteiger partial charge in [-0.3, -0.25) is 0 Å². The van der Waals surface area contributed by atoms with Gasteiger partial charge in [0.05, 0.1) is 6.04 Å². The second-order valence-electron chi connectivity index (χ2n) is 4.20. The van der Waals surface area contributed by atoms with Crippen molar-refractivity contribution >= 4 is 15.9 Å². The number of hydrogen-bond donors (Lipinski definition) is 1. The summed E-state index contributed by atoms with van der Waals surface area (Å²) >= 11 is 3.59. The first-order valence-electron chi connectivity index (χ1n) is 5.61. The maximum atomic E-state index is 5.70. The lowest BCUT2D eigenvalue weighted by Crippen LogP contribution is -2.17. The van der Waals surface area contributed by atoms with Crippen molar-refractivity contribution in [1.82, 2.24) is 5.32 Å². The van der Waals surface area contributed by atoms with Crippen LogP contribution in [0.15, 0.2) is 39.2 Å². The molecule has 90 valence electrons. The zero-order valence-electron chi connectivity index (χ0n) is 10.3. The van der Waals surface area contributed by atoms with Crippen molar-refractivity contribution in [3.8, 4) is 0 Å². The molecule has 0 amide bonds. The van der Waals surface area contributed by atoms with E-state index in [1.807, 2.05) is 26.1 Å². The fourth-order valence-electron chi connectivity index (χ4n) is 1.94. The SMILES string of the molecule is CNC(c1ccc(C)o1)c1cc(C)ccc1Br. The van der Waals surface area contributed by atoms with E-state index in [4.69, 9.17) is 4.42 Å². The summed E-state index contributed by atoms with van der Waals surface area (Å²) in [4.78, 5) is 0. The van der Waals surface area contributed by atoms with Gasteiger partial charge in [-0.05, 0) is 44.7 Å². The minimum Gasteiger partial charge on any atom is -0.464 e. The Hall–Kier alpha value is -1.06. The Morgan fingerprint density at radius 1 is 1.18 bits per heavy atom. The highest BCUT2D eigenvalue weighted by Gasteiger charge is 2.18. The third-order valence-electron chi connectivity index (χ3n) is 2.80. The molecule has 1 aromatic heterocycles. The fraction of sp³-hybridized carbons (Fsp3) is 0.286. The molecule has 1 unspecified atom stereocenters. The normalized spacial score (nSPS) is 12.7. The smallest absolute Gasteiger partial charge is 0.125 e. The first-order chi connectivity index (χ1) is 8.11. The average molecular weight is 294 g/mol. The number of halogens is 1. The van der Waals surface area contributed by atoms with E-state index < -0.39 is 0 Å². The third kappa shape index (κ3) is 2.61. The third-order valence-corrected chi connectivity index (χ3v) is 3.52. The Morgan fingerprint density at radius 3 is 2.53 bits per heavy atom. The predicted octanol–water partition coefficient (Wildman–Crippen LogP) is 3.97. The molecule has 1 heterocycles. The molecule has 0 saturated carbocycles. The summed E-state index contributed by atoms with van der Waals surface area (Å²) in [6, 6.07) is 10.4. The summed E-state index contributed by atoms with van der Waals surface area (Å²) < 4.78 is 6.80. The van der Waals surface area contributed by atoms with Crippen molar-refractivity contribution in [2.24, 2.45) is 0 Å². The minimum atomic E-state index is 0.0815. The number of rotatable bonds is 3. The largest absolute Gasteiger partial charge is 0.464 e. The molecule has 0 radical (unpaired) electrons. The van der Waals surface area contributed by atoms with Crippen LogP contribution < -0.4 is 5.32 Å².